The Hall–Kier alpha value is -6.65. The molecule has 4 heteroatoms. The fourth-order valence-electron chi connectivity index (χ4n) is 6.75. The zero-order chi connectivity index (χ0) is 32.6. The van der Waals surface area contributed by atoms with E-state index in [4.69, 9.17) is 15.0 Å². The molecule has 230 valence electrons. The maximum absolute atomic E-state index is 4.97. The van der Waals surface area contributed by atoms with Gasteiger partial charge in [-0.1, -0.05) is 152 Å². The molecule has 0 fully saturated rings. The minimum atomic E-state index is 0.643. The molecular weight excluding hydrogens is 597 g/mol. The average molecular weight is 627 g/mol. The fourth-order valence-corrected chi connectivity index (χ4v) is 6.75. The summed E-state index contributed by atoms with van der Waals surface area (Å²) in [6.07, 6.45) is 2.00. The van der Waals surface area contributed by atoms with Gasteiger partial charge in [-0.2, -0.15) is 0 Å². The summed E-state index contributed by atoms with van der Waals surface area (Å²) in [7, 11) is 0. The van der Waals surface area contributed by atoms with Crippen molar-refractivity contribution in [3.8, 4) is 67.5 Å². The van der Waals surface area contributed by atoms with Crippen LogP contribution in [0.2, 0.25) is 0 Å². The minimum Gasteiger partial charge on any atom is -0.361 e. The first-order valence-corrected chi connectivity index (χ1v) is 16.4. The normalized spacial score (nSPS) is 11.3. The Morgan fingerprint density at radius 3 is 1.37 bits per heavy atom. The predicted octanol–water partition coefficient (Wildman–Crippen LogP) is 11.5. The van der Waals surface area contributed by atoms with Crippen molar-refractivity contribution in [3.63, 3.8) is 0 Å². The second-order valence-corrected chi connectivity index (χ2v) is 12.2. The standard InChI is InChI=1S/C45H30N4/c1-3-12-31(13-4-1)43-47-44(32-14-5-2-6-15-32)49-45(48-43)36-20-10-18-34(29-36)38-25-24-37(40-21-7-8-22-41(38)40)33-17-9-19-35(28-33)39-23-11-16-30-26-27-46-42(30)39/h1-29,46H. The summed E-state index contributed by atoms with van der Waals surface area (Å²) in [5, 5.41) is 3.61. The van der Waals surface area contributed by atoms with Crippen molar-refractivity contribution in [2.45, 2.75) is 0 Å². The van der Waals surface area contributed by atoms with Gasteiger partial charge in [-0.15, -0.1) is 0 Å². The number of fused-ring (bicyclic) bond motifs is 2. The van der Waals surface area contributed by atoms with Gasteiger partial charge in [-0.25, -0.2) is 15.0 Å². The van der Waals surface area contributed by atoms with E-state index < -0.39 is 0 Å². The summed E-state index contributed by atoms with van der Waals surface area (Å²) in [6.45, 7) is 0. The molecule has 0 aliphatic heterocycles. The van der Waals surface area contributed by atoms with Crippen LogP contribution in [0.25, 0.3) is 89.2 Å². The van der Waals surface area contributed by atoms with E-state index in [0.717, 1.165) is 33.3 Å². The maximum Gasteiger partial charge on any atom is 0.164 e. The molecule has 0 saturated heterocycles. The number of nitrogens with one attached hydrogen (secondary N) is 1. The third-order valence-electron chi connectivity index (χ3n) is 9.13. The smallest absolute Gasteiger partial charge is 0.164 e. The quantitative estimate of drug-likeness (QED) is 0.200. The van der Waals surface area contributed by atoms with Crippen LogP contribution in [0.4, 0.5) is 0 Å². The van der Waals surface area contributed by atoms with Crippen LogP contribution in [-0.4, -0.2) is 19.9 Å². The molecule has 9 aromatic rings. The van der Waals surface area contributed by atoms with Gasteiger partial charge in [-0.05, 0) is 62.2 Å². The minimum absolute atomic E-state index is 0.643. The molecule has 7 aromatic carbocycles. The lowest BCUT2D eigenvalue weighted by molar-refractivity contribution is 1.07. The van der Waals surface area contributed by atoms with E-state index in [1.54, 1.807) is 0 Å². The zero-order valence-corrected chi connectivity index (χ0v) is 26.6. The molecule has 9 rings (SSSR count). The molecule has 0 aliphatic carbocycles. The number of hydrogen-bond acceptors (Lipinski definition) is 3. The molecule has 0 saturated carbocycles. The Balaban J connectivity index is 1.15. The first-order valence-electron chi connectivity index (χ1n) is 16.4. The highest BCUT2D eigenvalue weighted by Gasteiger charge is 2.15. The van der Waals surface area contributed by atoms with Crippen LogP contribution in [0.3, 0.4) is 0 Å². The highest BCUT2D eigenvalue weighted by molar-refractivity contribution is 6.06. The van der Waals surface area contributed by atoms with Crippen LogP contribution in [0.15, 0.2) is 176 Å². The molecule has 0 aliphatic rings. The number of H-pyrrole nitrogens is 1. The van der Waals surface area contributed by atoms with Crippen molar-refractivity contribution >= 4 is 21.7 Å². The summed E-state index contributed by atoms with van der Waals surface area (Å²) < 4.78 is 0. The second kappa shape index (κ2) is 12.2. The molecule has 0 unspecified atom stereocenters. The van der Waals surface area contributed by atoms with Crippen molar-refractivity contribution in [2.75, 3.05) is 0 Å². The van der Waals surface area contributed by atoms with Crippen molar-refractivity contribution in [3.05, 3.63) is 176 Å². The van der Waals surface area contributed by atoms with Crippen molar-refractivity contribution in [1.29, 1.82) is 0 Å². The van der Waals surface area contributed by atoms with E-state index in [1.807, 2.05) is 66.9 Å². The number of aromatic nitrogens is 4. The molecule has 49 heavy (non-hydrogen) atoms. The summed E-state index contributed by atoms with van der Waals surface area (Å²) in [5.41, 5.74) is 11.0. The summed E-state index contributed by atoms with van der Waals surface area (Å²) in [4.78, 5) is 18.2. The molecule has 2 aromatic heterocycles. The van der Waals surface area contributed by atoms with Crippen LogP contribution in [0.5, 0.6) is 0 Å². The van der Waals surface area contributed by atoms with Gasteiger partial charge in [0.1, 0.15) is 0 Å². The van der Waals surface area contributed by atoms with Crippen LogP contribution >= 0.6 is 0 Å². The van der Waals surface area contributed by atoms with Crippen LogP contribution in [0.1, 0.15) is 0 Å². The van der Waals surface area contributed by atoms with E-state index in [2.05, 4.69) is 114 Å². The Morgan fingerprint density at radius 1 is 0.327 bits per heavy atom. The third kappa shape index (κ3) is 5.35. The number of aromatic amines is 1. The van der Waals surface area contributed by atoms with Crippen LogP contribution < -0.4 is 0 Å². The number of nitrogens with zero attached hydrogens (tertiary/aromatic N) is 3. The first-order chi connectivity index (χ1) is 24.3. The van der Waals surface area contributed by atoms with Crippen molar-refractivity contribution in [1.82, 2.24) is 19.9 Å². The van der Waals surface area contributed by atoms with Gasteiger partial charge in [0, 0.05) is 28.5 Å². The molecule has 0 bridgehead atoms. The van der Waals surface area contributed by atoms with Crippen LogP contribution in [0, 0.1) is 0 Å². The summed E-state index contributed by atoms with van der Waals surface area (Å²) >= 11 is 0. The number of rotatable bonds is 6. The Morgan fingerprint density at radius 2 is 0.776 bits per heavy atom. The lowest BCUT2D eigenvalue weighted by atomic mass is 9.90. The average Bonchev–Trinajstić information content (AvgIpc) is 3.68. The molecule has 0 radical (unpaired) electrons. The lowest BCUT2D eigenvalue weighted by Crippen LogP contribution is -2.00. The molecular formula is C45H30N4. The molecule has 0 atom stereocenters. The molecule has 0 spiro atoms. The van der Waals surface area contributed by atoms with Crippen molar-refractivity contribution < 1.29 is 0 Å². The topological polar surface area (TPSA) is 54.5 Å². The van der Waals surface area contributed by atoms with E-state index >= 15 is 0 Å². The van der Waals surface area contributed by atoms with Crippen molar-refractivity contribution in [2.24, 2.45) is 0 Å². The first kappa shape index (κ1) is 28.6. The van der Waals surface area contributed by atoms with Gasteiger partial charge in [-0.3, -0.25) is 0 Å². The Kier molecular flexibility index (Phi) is 7.10. The fraction of sp³-hybridized carbons (Fsp3) is 0. The SMILES string of the molecule is c1ccc(-c2nc(-c3ccccc3)nc(-c3cccc(-c4ccc(-c5cccc(-c6cccc7cc[nH]c67)c5)c5ccccc45)c3)n2)cc1. The summed E-state index contributed by atoms with van der Waals surface area (Å²) in [5.74, 6) is 1.95. The van der Waals surface area contributed by atoms with Gasteiger partial charge in [0.15, 0.2) is 17.5 Å². The number of para-hydroxylation sites is 1. The largest absolute Gasteiger partial charge is 0.361 e. The van der Waals surface area contributed by atoms with Crippen LogP contribution in [-0.2, 0) is 0 Å². The molecule has 1 N–H and O–H groups in total. The van der Waals surface area contributed by atoms with Gasteiger partial charge in [0.2, 0.25) is 0 Å². The predicted molar refractivity (Wildman–Crippen MR) is 202 cm³/mol. The number of benzene rings is 7. The third-order valence-corrected chi connectivity index (χ3v) is 9.13. The maximum atomic E-state index is 4.97. The van der Waals surface area contributed by atoms with E-state index in [-0.39, 0.29) is 0 Å². The molecule has 4 nitrogen and oxygen atoms in total. The zero-order valence-electron chi connectivity index (χ0n) is 26.6. The van der Waals surface area contributed by atoms with E-state index in [0.29, 0.717) is 17.5 Å². The van der Waals surface area contributed by atoms with Gasteiger partial charge in [0.25, 0.3) is 0 Å². The molecule has 0 amide bonds. The molecule has 2 heterocycles. The van der Waals surface area contributed by atoms with E-state index in [1.165, 1.54) is 38.4 Å². The second-order valence-electron chi connectivity index (χ2n) is 12.2. The Labute approximate surface area is 284 Å². The van der Waals surface area contributed by atoms with Gasteiger partial charge >= 0.3 is 0 Å². The highest BCUT2D eigenvalue weighted by atomic mass is 15.0. The number of hydrogen-bond donors (Lipinski definition) is 1. The lowest BCUT2D eigenvalue weighted by Gasteiger charge is -2.14. The summed E-state index contributed by atoms with van der Waals surface area (Å²) in [6, 6.07) is 59.3. The van der Waals surface area contributed by atoms with Gasteiger partial charge < -0.3 is 4.98 Å². The Bertz CT molecular complexity index is 2550. The van der Waals surface area contributed by atoms with Gasteiger partial charge in [0.05, 0.1) is 5.52 Å². The highest BCUT2D eigenvalue weighted by Crippen LogP contribution is 2.38. The monoisotopic (exact) mass is 626 g/mol. The van der Waals surface area contributed by atoms with E-state index in [9.17, 15) is 0 Å².